The van der Waals surface area contributed by atoms with Gasteiger partial charge in [0.05, 0.1) is 12.7 Å². The summed E-state index contributed by atoms with van der Waals surface area (Å²) in [5.74, 6) is 0. The standard InChI is InChI=1S/C11H14F3N3O2S/c12-11(13,14)9-15-16-10(20-9)17-3-5-19-8(6-17)7-2-1-4-18-7/h7-8H,1-6H2. The maximum atomic E-state index is 12.5. The summed E-state index contributed by atoms with van der Waals surface area (Å²) in [6.07, 6.45) is -2.57. The first-order valence-electron chi connectivity index (χ1n) is 6.43. The third kappa shape index (κ3) is 2.89. The van der Waals surface area contributed by atoms with Crippen LogP contribution in [0, 0.1) is 0 Å². The van der Waals surface area contributed by atoms with Gasteiger partial charge in [-0.3, -0.25) is 0 Å². The lowest BCUT2D eigenvalue weighted by atomic mass is 10.1. The van der Waals surface area contributed by atoms with Crippen molar-refractivity contribution in [2.24, 2.45) is 0 Å². The van der Waals surface area contributed by atoms with Gasteiger partial charge in [-0.15, -0.1) is 10.2 Å². The molecular formula is C11H14F3N3O2S. The molecule has 0 aromatic carbocycles. The molecule has 0 N–H and O–H groups in total. The molecule has 2 fully saturated rings. The number of anilines is 1. The Morgan fingerprint density at radius 2 is 1.95 bits per heavy atom. The fourth-order valence-corrected chi connectivity index (χ4v) is 3.17. The van der Waals surface area contributed by atoms with Gasteiger partial charge < -0.3 is 14.4 Å². The van der Waals surface area contributed by atoms with E-state index in [0.717, 1.165) is 19.4 Å². The van der Waals surface area contributed by atoms with Crippen LogP contribution >= 0.6 is 11.3 Å². The molecule has 2 saturated heterocycles. The third-order valence-electron chi connectivity index (χ3n) is 3.40. The average Bonchev–Trinajstić information content (AvgIpc) is 3.10. The summed E-state index contributed by atoms with van der Waals surface area (Å²) < 4.78 is 48.8. The molecule has 0 radical (unpaired) electrons. The first-order valence-corrected chi connectivity index (χ1v) is 7.24. The number of nitrogens with zero attached hydrogens (tertiary/aromatic N) is 3. The molecule has 2 aliphatic heterocycles. The molecule has 5 nitrogen and oxygen atoms in total. The largest absolute Gasteiger partial charge is 0.445 e. The van der Waals surface area contributed by atoms with Gasteiger partial charge in [0.1, 0.15) is 6.10 Å². The molecule has 0 bridgehead atoms. The van der Waals surface area contributed by atoms with Gasteiger partial charge in [-0.2, -0.15) is 13.2 Å². The Labute approximate surface area is 117 Å². The molecule has 0 amide bonds. The quantitative estimate of drug-likeness (QED) is 0.835. The highest BCUT2D eigenvalue weighted by Gasteiger charge is 2.37. The summed E-state index contributed by atoms with van der Waals surface area (Å²) in [5.41, 5.74) is 0. The van der Waals surface area contributed by atoms with Gasteiger partial charge in [0.2, 0.25) is 10.1 Å². The zero-order valence-corrected chi connectivity index (χ0v) is 11.4. The molecule has 1 aromatic heterocycles. The van der Waals surface area contributed by atoms with Gasteiger partial charge in [-0.1, -0.05) is 11.3 Å². The summed E-state index contributed by atoms with van der Waals surface area (Å²) in [6, 6.07) is 0. The van der Waals surface area contributed by atoms with Gasteiger partial charge in [-0.05, 0) is 12.8 Å². The van der Waals surface area contributed by atoms with Crippen molar-refractivity contribution in [1.29, 1.82) is 0 Å². The second-order valence-corrected chi connectivity index (χ2v) is 5.75. The van der Waals surface area contributed by atoms with Crippen LogP contribution in [0.5, 0.6) is 0 Å². The van der Waals surface area contributed by atoms with E-state index in [4.69, 9.17) is 9.47 Å². The van der Waals surface area contributed by atoms with E-state index in [0.29, 0.717) is 36.2 Å². The SMILES string of the molecule is FC(F)(F)c1nnc(N2CCOC(C3CCCO3)C2)s1. The predicted molar refractivity (Wildman–Crippen MR) is 65.8 cm³/mol. The number of aromatic nitrogens is 2. The maximum Gasteiger partial charge on any atom is 0.445 e. The Balaban J connectivity index is 1.68. The minimum atomic E-state index is -4.43. The number of morpholine rings is 1. The zero-order chi connectivity index (χ0) is 14.2. The van der Waals surface area contributed by atoms with Crippen molar-refractivity contribution >= 4 is 16.5 Å². The first-order chi connectivity index (χ1) is 9.54. The van der Waals surface area contributed by atoms with E-state index in [1.54, 1.807) is 4.90 Å². The first kappa shape index (κ1) is 14.0. The van der Waals surface area contributed by atoms with Crippen LogP contribution in [0.25, 0.3) is 0 Å². The van der Waals surface area contributed by atoms with Crippen molar-refractivity contribution in [2.45, 2.75) is 31.2 Å². The van der Waals surface area contributed by atoms with E-state index in [9.17, 15) is 13.2 Å². The Hall–Kier alpha value is -0.930. The molecule has 3 heterocycles. The van der Waals surface area contributed by atoms with E-state index >= 15 is 0 Å². The molecule has 0 saturated carbocycles. The second-order valence-electron chi connectivity index (χ2n) is 4.79. The molecule has 3 rings (SSSR count). The van der Waals surface area contributed by atoms with Crippen LogP contribution in [-0.4, -0.2) is 48.7 Å². The number of alkyl halides is 3. The van der Waals surface area contributed by atoms with Crippen LogP contribution in [0.2, 0.25) is 0 Å². The molecule has 0 spiro atoms. The Bertz CT molecular complexity index is 462. The van der Waals surface area contributed by atoms with Crippen LogP contribution in [-0.2, 0) is 15.7 Å². The van der Waals surface area contributed by atoms with Gasteiger partial charge in [0.15, 0.2) is 0 Å². The van der Waals surface area contributed by atoms with Crippen LogP contribution in [0.1, 0.15) is 17.8 Å². The van der Waals surface area contributed by atoms with E-state index in [1.807, 2.05) is 0 Å². The Morgan fingerprint density at radius 1 is 1.15 bits per heavy atom. The van der Waals surface area contributed by atoms with Crippen LogP contribution < -0.4 is 4.90 Å². The molecule has 2 atom stereocenters. The summed E-state index contributed by atoms with van der Waals surface area (Å²) in [7, 11) is 0. The minimum absolute atomic E-state index is 0.0350. The monoisotopic (exact) mass is 309 g/mol. The number of hydrogen-bond donors (Lipinski definition) is 0. The van der Waals surface area contributed by atoms with Gasteiger partial charge in [-0.25, -0.2) is 0 Å². The normalized spacial score (nSPS) is 28.1. The molecule has 9 heteroatoms. The number of ether oxygens (including phenoxy) is 2. The fourth-order valence-electron chi connectivity index (χ4n) is 2.43. The van der Waals surface area contributed by atoms with Crippen molar-refractivity contribution in [2.75, 3.05) is 31.2 Å². The Kier molecular flexibility index (Phi) is 3.83. The van der Waals surface area contributed by atoms with Crippen molar-refractivity contribution in [3.05, 3.63) is 5.01 Å². The van der Waals surface area contributed by atoms with Crippen LogP contribution in [0.15, 0.2) is 0 Å². The van der Waals surface area contributed by atoms with Crippen molar-refractivity contribution in [3.8, 4) is 0 Å². The number of rotatable bonds is 2. The van der Waals surface area contributed by atoms with E-state index in [2.05, 4.69) is 10.2 Å². The summed E-state index contributed by atoms with van der Waals surface area (Å²) in [5, 5.41) is 6.25. The summed E-state index contributed by atoms with van der Waals surface area (Å²) >= 11 is 0.573. The molecule has 1 aromatic rings. The fraction of sp³-hybridized carbons (Fsp3) is 0.818. The second kappa shape index (κ2) is 5.45. The summed E-state index contributed by atoms with van der Waals surface area (Å²) in [4.78, 5) is 1.79. The van der Waals surface area contributed by atoms with E-state index in [1.165, 1.54) is 0 Å². The van der Waals surface area contributed by atoms with Gasteiger partial charge in [0, 0.05) is 19.7 Å². The highest BCUT2D eigenvalue weighted by molar-refractivity contribution is 7.15. The average molecular weight is 309 g/mol. The Morgan fingerprint density at radius 3 is 2.60 bits per heavy atom. The smallest absolute Gasteiger partial charge is 0.375 e. The maximum absolute atomic E-state index is 12.5. The minimum Gasteiger partial charge on any atom is -0.375 e. The number of halogens is 3. The van der Waals surface area contributed by atoms with E-state index in [-0.39, 0.29) is 12.2 Å². The van der Waals surface area contributed by atoms with Crippen LogP contribution in [0.4, 0.5) is 18.3 Å². The lowest BCUT2D eigenvalue weighted by Gasteiger charge is -2.34. The van der Waals surface area contributed by atoms with Gasteiger partial charge in [0.25, 0.3) is 0 Å². The third-order valence-corrected chi connectivity index (χ3v) is 4.43. The lowest BCUT2D eigenvalue weighted by Crippen LogP contribution is -2.47. The lowest BCUT2D eigenvalue weighted by molar-refractivity contribution is -0.138. The van der Waals surface area contributed by atoms with Crippen molar-refractivity contribution in [3.63, 3.8) is 0 Å². The summed E-state index contributed by atoms with van der Waals surface area (Å²) in [6.45, 7) is 2.21. The zero-order valence-electron chi connectivity index (χ0n) is 10.6. The predicted octanol–water partition coefficient (Wildman–Crippen LogP) is 1.94. The highest BCUT2D eigenvalue weighted by Crippen LogP contribution is 2.35. The molecular weight excluding hydrogens is 295 g/mol. The molecule has 2 aliphatic rings. The number of hydrogen-bond acceptors (Lipinski definition) is 6. The highest BCUT2D eigenvalue weighted by atomic mass is 32.1. The van der Waals surface area contributed by atoms with Crippen molar-refractivity contribution in [1.82, 2.24) is 10.2 Å². The van der Waals surface area contributed by atoms with Crippen molar-refractivity contribution < 1.29 is 22.6 Å². The van der Waals surface area contributed by atoms with Gasteiger partial charge >= 0.3 is 6.18 Å². The van der Waals surface area contributed by atoms with E-state index < -0.39 is 11.2 Å². The molecule has 20 heavy (non-hydrogen) atoms. The van der Waals surface area contributed by atoms with Crippen LogP contribution in [0.3, 0.4) is 0 Å². The molecule has 2 unspecified atom stereocenters. The topological polar surface area (TPSA) is 47.5 Å². The molecule has 0 aliphatic carbocycles. The molecule has 112 valence electrons.